The molecule has 5 aromatic rings. The van der Waals surface area contributed by atoms with Gasteiger partial charge in [-0.2, -0.15) is 0 Å². The van der Waals surface area contributed by atoms with Crippen molar-refractivity contribution in [1.29, 1.82) is 0 Å². The first-order chi connectivity index (χ1) is 20.2. The molecule has 1 aliphatic rings. The lowest BCUT2D eigenvalue weighted by molar-refractivity contribution is 0.0953. The van der Waals surface area contributed by atoms with Crippen molar-refractivity contribution in [2.75, 3.05) is 6.54 Å². The van der Waals surface area contributed by atoms with Gasteiger partial charge in [0.2, 0.25) is 0 Å². The number of carbonyl (C=O) groups is 1. The van der Waals surface area contributed by atoms with Gasteiger partial charge in [0.15, 0.2) is 11.7 Å². The molecule has 0 bridgehead atoms. The molecule has 4 heteroatoms. The second-order valence-electron chi connectivity index (χ2n) is 11.0. The van der Waals surface area contributed by atoms with Gasteiger partial charge in [0.25, 0.3) is 5.91 Å². The van der Waals surface area contributed by atoms with Crippen LogP contribution in [0.15, 0.2) is 120 Å². The number of carbonyl (C=O) groups excluding carboxylic acids is 1. The van der Waals surface area contributed by atoms with Crippen molar-refractivity contribution >= 4 is 5.91 Å². The summed E-state index contributed by atoms with van der Waals surface area (Å²) in [7, 11) is 0. The van der Waals surface area contributed by atoms with E-state index < -0.39 is 0 Å². The Hall–Kier alpha value is -4.44. The maximum Gasteiger partial charge on any atom is 0.251 e. The van der Waals surface area contributed by atoms with E-state index in [2.05, 4.69) is 66.0 Å². The van der Waals surface area contributed by atoms with Gasteiger partial charge in [0, 0.05) is 29.2 Å². The van der Waals surface area contributed by atoms with Crippen molar-refractivity contribution < 1.29 is 9.21 Å². The maximum absolute atomic E-state index is 12.9. The van der Waals surface area contributed by atoms with E-state index in [4.69, 9.17) is 9.40 Å². The van der Waals surface area contributed by atoms with E-state index in [9.17, 15) is 4.79 Å². The van der Waals surface area contributed by atoms with Crippen molar-refractivity contribution in [2.45, 2.75) is 44.4 Å². The highest BCUT2D eigenvalue weighted by Crippen LogP contribution is 2.44. The van der Waals surface area contributed by atoms with E-state index >= 15 is 0 Å². The summed E-state index contributed by atoms with van der Waals surface area (Å²) in [5, 5.41) is 3.10. The topological polar surface area (TPSA) is 55.1 Å². The van der Waals surface area contributed by atoms with Crippen LogP contribution in [-0.4, -0.2) is 17.4 Å². The second kappa shape index (κ2) is 12.8. The van der Waals surface area contributed by atoms with Crippen molar-refractivity contribution in [2.24, 2.45) is 5.92 Å². The molecule has 1 heterocycles. The number of oxazole rings is 1. The fourth-order valence-corrected chi connectivity index (χ4v) is 6.06. The molecule has 0 saturated heterocycles. The number of aryl methyl sites for hydroxylation is 1. The molecule has 4 aromatic carbocycles. The zero-order chi connectivity index (χ0) is 27.9. The van der Waals surface area contributed by atoms with Crippen molar-refractivity contribution in [3.8, 4) is 22.6 Å². The first-order valence-corrected chi connectivity index (χ1v) is 14.8. The molecule has 0 aliphatic heterocycles. The number of nitrogens with one attached hydrogen (secondary N) is 1. The Morgan fingerprint density at radius 1 is 0.780 bits per heavy atom. The molecule has 0 unspecified atom stereocenters. The smallest absolute Gasteiger partial charge is 0.251 e. The Morgan fingerprint density at radius 2 is 1.46 bits per heavy atom. The average molecular weight is 541 g/mol. The van der Waals surface area contributed by atoms with Gasteiger partial charge in [0.05, 0.1) is 0 Å². The zero-order valence-electron chi connectivity index (χ0n) is 23.3. The van der Waals surface area contributed by atoms with Gasteiger partial charge in [-0.15, -0.1) is 0 Å². The molecule has 1 aromatic heterocycles. The molecule has 4 nitrogen and oxygen atoms in total. The van der Waals surface area contributed by atoms with E-state index in [1.165, 1.54) is 11.1 Å². The van der Waals surface area contributed by atoms with E-state index in [1.54, 1.807) is 0 Å². The zero-order valence-corrected chi connectivity index (χ0v) is 23.3. The molecule has 2 atom stereocenters. The molecule has 1 fully saturated rings. The molecule has 41 heavy (non-hydrogen) atoms. The maximum atomic E-state index is 12.9. The van der Waals surface area contributed by atoms with Gasteiger partial charge < -0.3 is 9.73 Å². The van der Waals surface area contributed by atoms with Crippen LogP contribution < -0.4 is 5.32 Å². The molecule has 206 valence electrons. The summed E-state index contributed by atoms with van der Waals surface area (Å²) < 4.78 is 6.58. The normalized spacial score (nSPS) is 16.5. The third-order valence-corrected chi connectivity index (χ3v) is 8.16. The van der Waals surface area contributed by atoms with Crippen LogP contribution in [0.1, 0.15) is 59.0 Å². The predicted molar refractivity (Wildman–Crippen MR) is 165 cm³/mol. The summed E-state index contributed by atoms with van der Waals surface area (Å²) in [4.78, 5) is 18.0. The highest BCUT2D eigenvalue weighted by molar-refractivity contribution is 5.94. The van der Waals surface area contributed by atoms with Crippen molar-refractivity contribution in [3.63, 3.8) is 0 Å². The van der Waals surface area contributed by atoms with Crippen LogP contribution in [-0.2, 0) is 12.8 Å². The van der Waals surface area contributed by atoms with Gasteiger partial charge in [-0.1, -0.05) is 110 Å². The highest BCUT2D eigenvalue weighted by Gasteiger charge is 2.33. The number of rotatable bonds is 10. The van der Waals surface area contributed by atoms with Crippen molar-refractivity contribution in [3.05, 3.63) is 138 Å². The minimum Gasteiger partial charge on any atom is -0.440 e. The Morgan fingerprint density at radius 3 is 2.22 bits per heavy atom. The highest BCUT2D eigenvalue weighted by atomic mass is 16.4. The predicted octanol–water partition coefficient (Wildman–Crippen LogP) is 8.50. The van der Waals surface area contributed by atoms with Crippen LogP contribution in [0.2, 0.25) is 0 Å². The molecular formula is C37H36N2O2. The monoisotopic (exact) mass is 540 g/mol. The van der Waals surface area contributed by atoms with Crippen LogP contribution in [0.5, 0.6) is 0 Å². The molecule has 0 radical (unpaired) electrons. The first-order valence-electron chi connectivity index (χ1n) is 14.8. The number of hydrogen-bond acceptors (Lipinski definition) is 3. The van der Waals surface area contributed by atoms with E-state index in [1.807, 2.05) is 54.6 Å². The minimum absolute atomic E-state index is 0.00408. The van der Waals surface area contributed by atoms with E-state index in [0.29, 0.717) is 12.5 Å². The lowest BCUT2D eigenvalue weighted by atomic mass is 9.89. The lowest BCUT2D eigenvalue weighted by Gasteiger charge is -2.17. The fraction of sp³-hybridized carbons (Fsp3) is 0.243. The van der Waals surface area contributed by atoms with Crippen LogP contribution in [0.4, 0.5) is 0 Å². The number of benzene rings is 4. The average Bonchev–Trinajstić information content (AvgIpc) is 3.68. The quantitative estimate of drug-likeness (QED) is 0.181. The summed E-state index contributed by atoms with van der Waals surface area (Å²) in [6.45, 7) is 0.667. The number of hydrogen-bond donors (Lipinski definition) is 1. The lowest BCUT2D eigenvalue weighted by Crippen LogP contribution is -2.25. The molecule has 1 N–H and O–H groups in total. The SMILES string of the molecule is O=C(NCCCc1ccccc1)c1cccc(C[C@@H]2CCC[C@H]2c2nc(-c3ccccc3)c(-c3ccccc3)o2)c1. The Kier molecular flexibility index (Phi) is 8.37. The first kappa shape index (κ1) is 26.8. The molecule has 1 aliphatic carbocycles. The summed E-state index contributed by atoms with van der Waals surface area (Å²) in [5.74, 6) is 2.34. The fourth-order valence-electron chi connectivity index (χ4n) is 6.06. The summed E-state index contributed by atoms with van der Waals surface area (Å²) in [6.07, 6.45) is 6.14. The third kappa shape index (κ3) is 6.49. The Bertz CT molecular complexity index is 1500. The summed E-state index contributed by atoms with van der Waals surface area (Å²) >= 11 is 0. The van der Waals surface area contributed by atoms with Crippen LogP contribution >= 0.6 is 0 Å². The van der Waals surface area contributed by atoms with Gasteiger partial charge in [-0.25, -0.2) is 4.98 Å². The van der Waals surface area contributed by atoms with Crippen LogP contribution in [0.25, 0.3) is 22.6 Å². The molecule has 0 spiro atoms. The van der Waals surface area contributed by atoms with E-state index in [0.717, 1.165) is 72.6 Å². The van der Waals surface area contributed by atoms with Crippen LogP contribution in [0, 0.1) is 5.92 Å². The van der Waals surface area contributed by atoms with Gasteiger partial charge in [0.1, 0.15) is 5.69 Å². The summed E-state index contributed by atoms with van der Waals surface area (Å²) in [6, 6.07) is 39.1. The second-order valence-corrected chi connectivity index (χ2v) is 11.0. The van der Waals surface area contributed by atoms with Gasteiger partial charge in [-0.05, 0) is 61.3 Å². The van der Waals surface area contributed by atoms with E-state index in [-0.39, 0.29) is 11.8 Å². The molecule has 1 amide bonds. The van der Waals surface area contributed by atoms with Crippen LogP contribution in [0.3, 0.4) is 0 Å². The number of amides is 1. The molecule has 1 saturated carbocycles. The van der Waals surface area contributed by atoms with Gasteiger partial charge >= 0.3 is 0 Å². The number of aromatic nitrogens is 1. The number of nitrogens with zero attached hydrogens (tertiary/aromatic N) is 1. The Labute approximate surface area is 242 Å². The molecular weight excluding hydrogens is 504 g/mol. The third-order valence-electron chi connectivity index (χ3n) is 8.16. The van der Waals surface area contributed by atoms with Gasteiger partial charge in [-0.3, -0.25) is 4.79 Å². The van der Waals surface area contributed by atoms with Crippen molar-refractivity contribution in [1.82, 2.24) is 10.3 Å². The Balaban J connectivity index is 1.15. The standard InChI is InChI=1S/C37H36N2O2/c40-36(38-24-12-16-27-13-4-1-5-14-27)32-22-10-15-28(26-32)25-31-21-11-23-33(31)37-39-34(29-17-6-2-7-18-29)35(41-37)30-19-8-3-9-20-30/h1-10,13-15,17-20,22,26,31,33H,11-12,16,21,23-25H2,(H,38,40)/t31-,33+/m0/s1. The summed E-state index contributed by atoms with van der Waals surface area (Å²) in [5.41, 5.74) is 6.24. The minimum atomic E-state index is -0.00408. The largest absolute Gasteiger partial charge is 0.440 e. The molecule has 6 rings (SSSR count).